The molecule has 9 heteroatoms. The van der Waals surface area contributed by atoms with Gasteiger partial charge in [0.25, 0.3) is 11.7 Å². The first-order valence-corrected chi connectivity index (χ1v) is 14.8. The van der Waals surface area contributed by atoms with Crippen molar-refractivity contribution in [1.82, 2.24) is 4.90 Å². The number of hydrogen-bond donors (Lipinski definition) is 2. The molecule has 224 valence electrons. The zero-order valence-corrected chi connectivity index (χ0v) is 24.5. The zero-order valence-electron chi connectivity index (χ0n) is 24.5. The molecule has 2 N–H and O–H groups in total. The maximum atomic E-state index is 13.6. The second-order valence-corrected chi connectivity index (χ2v) is 11.2. The minimum absolute atomic E-state index is 0.0377. The van der Waals surface area contributed by atoms with Crippen molar-refractivity contribution in [2.24, 2.45) is 0 Å². The number of benzene rings is 3. The van der Waals surface area contributed by atoms with Crippen LogP contribution in [0.4, 0.5) is 0 Å². The Bertz CT molecular complexity index is 1530. The summed E-state index contributed by atoms with van der Waals surface area (Å²) in [5.74, 6) is 0.258. The molecular weight excluding hydrogens is 548 g/mol. The van der Waals surface area contributed by atoms with Crippen LogP contribution in [0.5, 0.6) is 17.2 Å². The van der Waals surface area contributed by atoms with Gasteiger partial charge in [0.15, 0.2) is 11.5 Å². The van der Waals surface area contributed by atoms with Gasteiger partial charge in [0.05, 0.1) is 45.0 Å². The number of rotatable bonds is 9. The number of likely N-dealkylation sites (tertiary alicyclic amines) is 1. The maximum Gasteiger partial charge on any atom is 0.295 e. The smallest absolute Gasteiger partial charge is 0.295 e. The molecule has 0 aliphatic carbocycles. The Morgan fingerprint density at radius 1 is 1.02 bits per heavy atom. The zero-order chi connectivity index (χ0) is 29.9. The number of morpholine rings is 1. The first-order chi connectivity index (χ1) is 20.9. The predicted octanol–water partition coefficient (Wildman–Crippen LogP) is 2.93. The van der Waals surface area contributed by atoms with Crippen LogP contribution >= 0.6 is 0 Å². The third kappa shape index (κ3) is 5.96. The SMILES string of the molecule is COc1cc([C@H]2C(=C(O)c3ccc4c(c3)C[C@@H](C)O4)C(=O)C(=O)N2CC[NH+]2CCOCC2)ccc1OCc1ccccc1. The largest absolute Gasteiger partial charge is 0.507 e. The molecule has 3 aliphatic rings. The highest BCUT2D eigenvalue weighted by Gasteiger charge is 2.46. The molecule has 9 nitrogen and oxygen atoms in total. The third-order valence-corrected chi connectivity index (χ3v) is 8.36. The van der Waals surface area contributed by atoms with E-state index in [0.717, 1.165) is 30.0 Å². The number of amides is 1. The van der Waals surface area contributed by atoms with Crippen molar-refractivity contribution in [3.63, 3.8) is 0 Å². The fraction of sp³-hybridized carbons (Fsp3) is 0.353. The van der Waals surface area contributed by atoms with Gasteiger partial charge in [-0.05, 0) is 53.9 Å². The van der Waals surface area contributed by atoms with Gasteiger partial charge in [-0.15, -0.1) is 0 Å². The van der Waals surface area contributed by atoms with Gasteiger partial charge >= 0.3 is 0 Å². The number of nitrogens with one attached hydrogen (secondary N) is 1. The number of ether oxygens (including phenoxy) is 4. The van der Waals surface area contributed by atoms with Crippen molar-refractivity contribution in [2.75, 3.05) is 46.5 Å². The van der Waals surface area contributed by atoms with Crippen LogP contribution in [0.25, 0.3) is 5.76 Å². The monoisotopic (exact) mass is 585 g/mol. The van der Waals surface area contributed by atoms with Crippen LogP contribution in [-0.2, 0) is 27.4 Å². The Morgan fingerprint density at radius 2 is 1.81 bits per heavy atom. The average Bonchev–Trinajstić information content (AvgIpc) is 3.54. The molecule has 0 saturated carbocycles. The van der Waals surface area contributed by atoms with E-state index >= 15 is 0 Å². The van der Waals surface area contributed by atoms with E-state index in [1.165, 1.54) is 4.90 Å². The molecule has 3 aromatic rings. The molecule has 0 bridgehead atoms. The van der Waals surface area contributed by atoms with Crippen LogP contribution in [0.15, 0.2) is 72.3 Å². The highest BCUT2D eigenvalue weighted by atomic mass is 16.5. The van der Waals surface area contributed by atoms with Gasteiger partial charge in [-0.3, -0.25) is 9.59 Å². The van der Waals surface area contributed by atoms with Crippen molar-refractivity contribution in [3.8, 4) is 17.2 Å². The fourth-order valence-corrected chi connectivity index (χ4v) is 6.08. The number of aliphatic hydroxyl groups is 1. The van der Waals surface area contributed by atoms with Gasteiger partial charge in [-0.25, -0.2) is 0 Å². The van der Waals surface area contributed by atoms with E-state index in [0.29, 0.717) is 62.0 Å². The first kappa shape index (κ1) is 28.8. The summed E-state index contributed by atoms with van der Waals surface area (Å²) in [5.41, 5.74) is 3.17. The van der Waals surface area contributed by atoms with Crippen LogP contribution in [-0.4, -0.2) is 74.3 Å². The summed E-state index contributed by atoms with van der Waals surface area (Å²) < 4.78 is 23.1. The van der Waals surface area contributed by atoms with Crippen molar-refractivity contribution < 1.29 is 38.5 Å². The Morgan fingerprint density at radius 3 is 2.58 bits per heavy atom. The quantitative estimate of drug-likeness (QED) is 0.226. The van der Waals surface area contributed by atoms with E-state index < -0.39 is 17.7 Å². The molecule has 43 heavy (non-hydrogen) atoms. The average molecular weight is 586 g/mol. The minimum Gasteiger partial charge on any atom is -0.507 e. The number of nitrogens with zero attached hydrogens (tertiary/aromatic N) is 1. The van der Waals surface area contributed by atoms with Gasteiger partial charge in [0.2, 0.25) is 0 Å². The minimum atomic E-state index is -0.791. The van der Waals surface area contributed by atoms with E-state index in [1.807, 2.05) is 55.5 Å². The van der Waals surface area contributed by atoms with Gasteiger partial charge in [0.1, 0.15) is 37.3 Å². The highest BCUT2D eigenvalue weighted by molar-refractivity contribution is 6.46. The standard InChI is InChI=1S/C34H36N2O7/c1-22-18-26-19-25(9-10-27(26)43-22)32(37)30-31(36(34(39)33(30)38)13-12-35-14-16-41-17-15-35)24-8-11-28(29(20-24)40-2)42-21-23-6-4-3-5-7-23/h3-11,19-20,22,31,37H,12-18,21H2,1-2H3/p+1/t22-,31+/m1/s1. The lowest BCUT2D eigenvalue weighted by atomic mass is 9.94. The van der Waals surface area contributed by atoms with E-state index in [-0.39, 0.29) is 17.4 Å². The summed E-state index contributed by atoms with van der Waals surface area (Å²) in [5, 5.41) is 11.6. The molecule has 6 rings (SSSR count). The fourth-order valence-electron chi connectivity index (χ4n) is 6.08. The summed E-state index contributed by atoms with van der Waals surface area (Å²) in [4.78, 5) is 30.0. The van der Waals surface area contributed by atoms with Crippen LogP contribution in [0.2, 0.25) is 0 Å². The van der Waals surface area contributed by atoms with Crippen molar-refractivity contribution in [1.29, 1.82) is 0 Å². The number of ketones is 1. The highest BCUT2D eigenvalue weighted by Crippen LogP contribution is 2.42. The number of quaternary nitrogens is 1. The molecule has 0 unspecified atom stereocenters. The predicted molar refractivity (Wildman–Crippen MR) is 159 cm³/mol. The lowest BCUT2D eigenvalue weighted by Gasteiger charge is -2.29. The van der Waals surface area contributed by atoms with Crippen molar-refractivity contribution >= 4 is 17.4 Å². The summed E-state index contributed by atoms with van der Waals surface area (Å²) in [6, 6.07) is 19.8. The number of carbonyl (C=O) groups is 2. The molecule has 2 saturated heterocycles. The first-order valence-electron chi connectivity index (χ1n) is 14.8. The number of Topliss-reactive ketones (excluding diaryl/α,β-unsaturated/α-hetero) is 1. The number of carbonyl (C=O) groups excluding carboxylic acids is 2. The topological polar surface area (TPSA) is 99.0 Å². The van der Waals surface area contributed by atoms with Gasteiger partial charge in [0, 0.05) is 12.0 Å². The molecule has 0 radical (unpaired) electrons. The summed E-state index contributed by atoms with van der Waals surface area (Å²) in [6.07, 6.45) is 0.744. The molecule has 2 fully saturated rings. The second kappa shape index (κ2) is 12.5. The molecule has 3 aliphatic heterocycles. The normalized spacial score (nSPS) is 21.5. The molecule has 3 aromatic carbocycles. The molecule has 1 amide bonds. The van der Waals surface area contributed by atoms with Gasteiger partial charge < -0.3 is 33.9 Å². The van der Waals surface area contributed by atoms with Crippen LogP contribution in [0.1, 0.15) is 35.2 Å². The van der Waals surface area contributed by atoms with E-state index in [1.54, 1.807) is 30.2 Å². The van der Waals surface area contributed by atoms with E-state index in [4.69, 9.17) is 18.9 Å². The maximum absolute atomic E-state index is 13.6. The van der Waals surface area contributed by atoms with Crippen molar-refractivity contribution in [2.45, 2.75) is 32.1 Å². The van der Waals surface area contributed by atoms with E-state index in [2.05, 4.69) is 0 Å². The third-order valence-electron chi connectivity index (χ3n) is 8.36. The molecule has 0 aromatic heterocycles. The summed E-state index contributed by atoms with van der Waals surface area (Å²) in [6.45, 7) is 6.37. The number of aliphatic hydroxyl groups excluding tert-OH is 1. The van der Waals surface area contributed by atoms with Crippen molar-refractivity contribution in [3.05, 3.63) is 94.6 Å². The Balaban J connectivity index is 1.36. The molecule has 2 atom stereocenters. The molecular formula is C34H37N2O7+. The van der Waals surface area contributed by atoms with Crippen LogP contribution < -0.4 is 19.1 Å². The van der Waals surface area contributed by atoms with E-state index in [9.17, 15) is 14.7 Å². The van der Waals surface area contributed by atoms with Gasteiger partial charge in [-0.2, -0.15) is 0 Å². The van der Waals surface area contributed by atoms with Crippen LogP contribution in [0.3, 0.4) is 0 Å². The molecule has 0 spiro atoms. The summed E-state index contributed by atoms with van der Waals surface area (Å²) in [7, 11) is 1.56. The number of fused-ring (bicyclic) bond motifs is 1. The Kier molecular flexibility index (Phi) is 8.35. The lowest BCUT2D eigenvalue weighted by molar-refractivity contribution is -0.907. The summed E-state index contributed by atoms with van der Waals surface area (Å²) >= 11 is 0. The number of methoxy groups -OCH3 is 1. The Labute approximate surface area is 251 Å². The number of hydrogen-bond acceptors (Lipinski definition) is 7. The van der Waals surface area contributed by atoms with Gasteiger partial charge in [-0.1, -0.05) is 36.4 Å². The van der Waals surface area contributed by atoms with Crippen LogP contribution in [0, 0.1) is 0 Å². The second-order valence-electron chi connectivity index (χ2n) is 11.2. The Hall–Kier alpha value is -4.34. The lowest BCUT2D eigenvalue weighted by Crippen LogP contribution is -3.14. The molecule has 3 heterocycles.